The van der Waals surface area contributed by atoms with Gasteiger partial charge in [-0.15, -0.1) is 10.2 Å². The van der Waals surface area contributed by atoms with Crippen molar-refractivity contribution in [3.05, 3.63) is 66.2 Å². The van der Waals surface area contributed by atoms with E-state index in [0.29, 0.717) is 22.5 Å². The highest BCUT2D eigenvalue weighted by Crippen LogP contribution is 2.21. The molecule has 0 bridgehead atoms. The summed E-state index contributed by atoms with van der Waals surface area (Å²) in [5, 5.41) is 10.3. The standard InChI is InChI=1S/C20H20N4O5S2/c1-24(2)31(28,29)17-10-6-15(7-11-17)20(25)21-16-8-4-14(5-9-16)18-12-13-19(23-22-18)30(3,26)27/h4-13H,1-3H3,(H,21,25). The van der Waals surface area contributed by atoms with Crippen LogP contribution in [0.3, 0.4) is 0 Å². The van der Waals surface area contributed by atoms with Crippen LogP contribution in [0.4, 0.5) is 5.69 Å². The monoisotopic (exact) mass is 460 g/mol. The topological polar surface area (TPSA) is 126 Å². The first-order valence-electron chi connectivity index (χ1n) is 8.96. The molecular weight excluding hydrogens is 440 g/mol. The molecule has 0 aliphatic heterocycles. The second-order valence-corrected chi connectivity index (χ2v) is 11.0. The van der Waals surface area contributed by atoms with Crippen molar-refractivity contribution in [3.8, 4) is 11.3 Å². The molecule has 0 unspecified atom stereocenters. The lowest BCUT2D eigenvalue weighted by molar-refractivity contribution is 0.102. The second-order valence-electron chi connectivity index (χ2n) is 6.87. The lowest BCUT2D eigenvalue weighted by Crippen LogP contribution is -2.22. The van der Waals surface area contributed by atoms with Crippen LogP contribution in [0.5, 0.6) is 0 Å². The summed E-state index contributed by atoms with van der Waals surface area (Å²) in [7, 11) is -4.11. The number of sulfonamides is 1. The molecule has 0 saturated carbocycles. The minimum absolute atomic E-state index is 0.0985. The number of nitrogens with zero attached hydrogens (tertiary/aromatic N) is 3. The van der Waals surface area contributed by atoms with Gasteiger partial charge in [-0.1, -0.05) is 12.1 Å². The molecule has 11 heteroatoms. The summed E-state index contributed by atoms with van der Waals surface area (Å²) in [6.45, 7) is 0. The van der Waals surface area contributed by atoms with Gasteiger partial charge in [0.1, 0.15) is 0 Å². The molecule has 31 heavy (non-hydrogen) atoms. The van der Waals surface area contributed by atoms with Gasteiger partial charge in [0, 0.05) is 37.2 Å². The number of anilines is 1. The SMILES string of the molecule is CN(C)S(=O)(=O)c1ccc(C(=O)Nc2ccc(-c3ccc(S(C)(=O)=O)nn3)cc2)cc1. The van der Waals surface area contributed by atoms with E-state index in [1.165, 1.54) is 44.4 Å². The van der Waals surface area contributed by atoms with Gasteiger partial charge in [-0.3, -0.25) is 4.79 Å². The minimum atomic E-state index is -3.56. The van der Waals surface area contributed by atoms with Crippen molar-refractivity contribution in [1.82, 2.24) is 14.5 Å². The number of hydrogen-bond acceptors (Lipinski definition) is 7. The van der Waals surface area contributed by atoms with Crippen molar-refractivity contribution in [2.24, 2.45) is 0 Å². The minimum Gasteiger partial charge on any atom is -0.322 e. The Morgan fingerprint density at radius 3 is 1.94 bits per heavy atom. The van der Waals surface area contributed by atoms with E-state index in [2.05, 4.69) is 15.5 Å². The second kappa shape index (κ2) is 8.53. The van der Waals surface area contributed by atoms with Gasteiger partial charge in [-0.05, 0) is 48.5 Å². The maximum Gasteiger partial charge on any atom is 0.255 e. The highest BCUT2D eigenvalue weighted by atomic mass is 32.2. The van der Waals surface area contributed by atoms with Gasteiger partial charge in [0.15, 0.2) is 14.9 Å². The third-order valence-electron chi connectivity index (χ3n) is 4.35. The lowest BCUT2D eigenvalue weighted by Gasteiger charge is -2.11. The average molecular weight is 461 g/mol. The molecule has 1 heterocycles. The van der Waals surface area contributed by atoms with Crippen LogP contribution in [0.2, 0.25) is 0 Å². The molecule has 0 fully saturated rings. The first-order valence-corrected chi connectivity index (χ1v) is 12.3. The van der Waals surface area contributed by atoms with Crippen LogP contribution in [-0.2, 0) is 19.9 Å². The molecular formula is C20H20N4O5S2. The molecule has 0 atom stereocenters. The summed E-state index contributed by atoms with van der Waals surface area (Å²) >= 11 is 0. The fourth-order valence-corrected chi connectivity index (χ4v) is 3.99. The zero-order chi connectivity index (χ0) is 22.8. The summed E-state index contributed by atoms with van der Waals surface area (Å²) in [6.07, 6.45) is 1.06. The van der Waals surface area contributed by atoms with Crippen LogP contribution in [0.1, 0.15) is 10.4 Å². The van der Waals surface area contributed by atoms with Gasteiger partial charge in [0.05, 0.1) is 10.6 Å². The zero-order valence-electron chi connectivity index (χ0n) is 17.0. The predicted molar refractivity (Wildman–Crippen MR) is 116 cm³/mol. The van der Waals surface area contributed by atoms with E-state index in [-0.39, 0.29) is 15.8 Å². The van der Waals surface area contributed by atoms with Crippen molar-refractivity contribution in [2.75, 3.05) is 25.7 Å². The van der Waals surface area contributed by atoms with E-state index < -0.39 is 19.9 Å². The molecule has 0 aliphatic carbocycles. The quantitative estimate of drug-likeness (QED) is 0.596. The van der Waals surface area contributed by atoms with Crippen LogP contribution in [0.15, 0.2) is 70.6 Å². The lowest BCUT2D eigenvalue weighted by atomic mass is 10.1. The van der Waals surface area contributed by atoms with Crippen molar-refractivity contribution < 1.29 is 21.6 Å². The zero-order valence-corrected chi connectivity index (χ0v) is 18.6. The van der Waals surface area contributed by atoms with E-state index in [4.69, 9.17) is 0 Å². The molecule has 0 saturated heterocycles. The smallest absolute Gasteiger partial charge is 0.255 e. The molecule has 0 aliphatic rings. The normalized spacial score (nSPS) is 12.0. The molecule has 3 aromatic rings. The molecule has 162 valence electrons. The molecule has 1 aromatic heterocycles. The molecule has 1 amide bonds. The van der Waals surface area contributed by atoms with E-state index in [0.717, 1.165) is 10.6 Å². The average Bonchev–Trinajstić information content (AvgIpc) is 2.73. The van der Waals surface area contributed by atoms with Gasteiger partial charge in [-0.25, -0.2) is 21.1 Å². The molecule has 1 N–H and O–H groups in total. The summed E-state index contributed by atoms with van der Waals surface area (Å²) in [6, 6.07) is 15.4. The van der Waals surface area contributed by atoms with E-state index in [9.17, 15) is 21.6 Å². The van der Waals surface area contributed by atoms with Gasteiger partial charge in [0.2, 0.25) is 10.0 Å². The summed E-state index contributed by atoms with van der Waals surface area (Å²) in [4.78, 5) is 12.5. The highest BCUT2D eigenvalue weighted by molar-refractivity contribution is 7.90. The number of carbonyl (C=O) groups excluding carboxylic acids is 1. The number of nitrogens with one attached hydrogen (secondary N) is 1. The number of amides is 1. The Labute approximate surface area is 180 Å². The fourth-order valence-electron chi connectivity index (χ4n) is 2.59. The summed E-state index contributed by atoms with van der Waals surface area (Å²) in [5.74, 6) is -0.390. The fraction of sp³-hybridized carbons (Fsp3) is 0.150. The Bertz CT molecular complexity index is 1300. The largest absolute Gasteiger partial charge is 0.322 e. The van der Waals surface area contributed by atoms with Crippen LogP contribution >= 0.6 is 0 Å². The third kappa shape index (κ3) is 5.13. The van der Waals surface area contributed by atoms with Crippen molar-refractivity contribution in [2.45, 2.75) is 9.92 Å². The molecule has 2 aromatic carbocycles. The number of hydrogen-bond donors (Lipinski definition) is 1. The van der Waals surface area contributed by atoms with Crippen molar-refractivity contribution in [1.29, 1.82) is 0 Å². The number of benzene rings is 2. The molecule has 3 rings (SSSR count). The van der Waals surface area contributed by atoms with E-state index in [1.807, 2.05) is 0 Å². The van der Waals surface area contributed by atoms with E-state index in [1.54, 1.807) is 30.3 Å². The maximum absolute atomic E-state index is 12.4. The Hall–Kier alpha value is -3.15. The maximum atomic E-state index is 12.4. The van der Waals surface area contributed by atoms with E-state index >= 15 is 0 Å². The molecule has 0 radical (unpaired) electrons. The number of aromatic nitrogens is 2. The Balaban J connectivity index is 1.72. The summed E-state index contributed by atoms with van der Waals surface area (Å²) < 4.78 is 48.2. The molecule has 9 nitrogen and oxygen atoms in total. The predicted octanol–water partition coefficient (Wildman–Crippen LogP) is 2.05. The molecule has 0 spiro atoms. The van der Waals surface area contributed by atoms with Gasteiger partial charge < -0.3 is 5.32 Å². The van der Waals surface area contributed by atoms with Crippen LogP contribution < -0.4 is 5.32 Å². The first kappa shape index (κ1) is 22.5. The van der Waals surface area contributed by atoms with Gasteiger partial charge in [0.25, 0.3) is 5.91 Å². The van der Waals surface area contributed by atoms with Crippen LogP contribution in [0.25, 0.3) is 11.3 Å². The highest BCUT2D eigenvalue weighted by Gasteiger charge is 2.17. The number of carbonyl (C=O) groups is 1. The van der Waals surface area contributed by atoms with Crippen LogP contribution in [0, 0.1) is 0 Å². The van der Waals surface area contributed by atoms with Crippen molar-refractivity contribution >= 4 is 31.5 Å². The number of sulfone groups is 1. The Morgan fingerprint density at radius 2 is 1.45 bits per heavy atom. The van der Waals surface area contributed by atoms with Crippen LogP contribution in [-0.4, -0.2) is 57.6 Å². The Morgan fingerprint density at radius 1 is 0.839 bits per heavy atom. The van der Waals surface area contributed by atoms with Gasteiger partial charge in [-0.2, -0.15) is 0 Å². The Kier molecular flexibility index (Phi) is 6.20. The third-order valence-corrected chi connectivity index (χ3v) is 7.16. The first-order chi connectivity index (χ1) is 14.5. The summed E-state index contributed by atoms with van der Waals surface area (Å²) in [5.41, 5.74) is 2.02. The number of rotatable bonds is 6. The van der Waals surface area contributed by atoms with Crippen molar-refractivity contribution in [3.63, 3.8) is 0 Å². The van der Waals surface area contributed by atoms with Gasteiger partial charge >= 0.3 is 0 Å².